The second kappa shape index (κ2) is 7.76. The van der Waals surface area contributed by atoms with Crippen molar-refractivity contribution in [2.24, 2.45) is 11.7 Å². The van der Waals surface area contributed by atoms with Crippen LogP contribution in [0.5, 0.6) is 0 Å². The van der Waals surface area contributed by atoms with E-state index in [9.17, 15) is 4.79 Å². The maximum absolute atomic E-state index is 11.3. The Kier molecular flexibility index (Phi) is 7.42. The SMILES string of the molecule is CCNC(=O)CN(CC)CC(C)CN. The first-order valence-corrected chi connectivity index (χ1v) is 5.33. The van der Waals surface area contributed by atoms with Crippen molar-refractivity contribution in [2.45, 2.75) is 20.8 Å². The first-order chi connectivity index (χ1) is 6.63. The summed E-state index contributed by atoms with van der Waals surface area (Å²) in [5.41, 5.74) is 5.54. The van der Waals surface area contributed by atoms with E-state index in [1.165, 1.54) is 0 Å². The smallest absolute Gasteiger partial charge is 0.234 e. The number of nitrogens with two attached hydrogens (primary N) is 1. The van der Waals surface area contributed by atoms with E-state index in [2.05, 4.69) is 24.1 Å². The number of hydrogen-bond acceptors (Lipinski definition) is 3. The highest BCUT2D eigenvalue weighted by Crippen LogP contribution is 1.97. The number of carbonyl (C=O) groups is 1. The van der Waals surface area contributed by atoms with E-state index in [-0.39, 0.29) is 5.91 Å². The fourth-order valence-corrected chi connectivity index (χ4v) is 1.28. The molecule has 0 rings (SSSR count). The molecule has 1 amide bonds. The predicted molar refractivity (Wildman–Crippen MR) is 59.0 cm³/mol. The molecule has 1 atom stereocenters. The van der Waals surface area contributed by atoms with Crippen LogP contribution in [-0.4, -0.2) is 43.5 Å². The molecule has 84 valence electrons. The van der Waals surface area contributed by atoms with Gasteiger partial charge in [0.05, 0.1) is 6.54 Å². The minimum absolute atomic E-state index is 0.0959. The molecule has 0 aromatic carbocycles. The third kappa shape index (κ3) is 5.94. The summed E-state index contributed by atoms with van der Waals surface area (Å²) in [5.74, 6) is 0.544. The fourth-order valence-electron chi connectivity index (χ4n) is 1.28. The van der Waals surface area contributed by atoms with E-state index >= 15 is 0 Å². The predicted octanol–water partition coefficient (Wildman–Crippen LogP) is 0.0392. The molecule has 4 nitrogen and oxygen atoms in total. The van der Waals surface area contributed by atoms with E-state index in [0.29, 0.717) is 25.6 Å². The van der Waals surface area contributed by atoms with Crippen LogP contribution >= 0.6 is 0 Å². The summed E-state index contributed by atoms with van der Waals surface area (Å²) in [4.78, 5) is 13.4. The molecule has 0 aliphatic heterocycles. The summed E-state index contributed by atoms with van der Waals surface area (Å²) in [7, 11) is 0. The highest BCUT2D eigenvalue weighted by molar-refractivity contribution is 5.77. The van der Waals surface area contributed by atoms with Gasteiger partial charge in [0.1, 0.15) is 0 Å². The van der Waals surface area contributed by atoms with E-state index in [4.69, 9.17) is 5.73 Å². The van der Waals surface area contributed by atoms with Gasteiger partial charge in [0, 0.05) is 13.1 Å². The molecule has 0 heterocycles. The monoisotopic (exact) mass is 201 g/mol. The third-order valence-electron chi connectivity index (χ3n) is 2.16. The molecule has 14 heavy (non-hydrogen) atoms. The quantitative estimate of drug-likeness (QED) is 0.611. The molecule has 0 aliphatic rings. The molecule has 0 radical (unpaired) electrons. The van der Waals surface area contributed by atoms with Crippen molar-refractivity contribution < 1.29 is 4.79 Å². The van der Waals surface area contributed by atoms with Gasteiger partial charge in [-0.2, -0.15) is 0 Å². The Morgan fingerprint density at radius 3 is 2.57 bits per heavy atom. The molecule has 0 fully saturated rings. The zero-order valence-electron chi connectivity index (χ0n) is 9.55. The Balaban J connectivity index is 3.83. The second-order valence-electron chi connectivity index (χ2n) is 3.62. The van der Waals surface area contributed by atoms with Gasteiger partial charge in [-0.05, 0) is 25.9 Å². The van der Waals surface area contributed by atoms with Gasteiger partial charge < -0.3 is 11.1 Å². The van der Waals surface area contributed by atoms with Crippen LogP contribution in [-0.2, 0) is 4.79 Å². The van der Waals surface area contributed by atoms with Crippen molar-refractivity contribution in [3.8, 4) is 0 Å². The molecule has 0 saturated carbocycles. The summed E-state index contributed by atoms with van der Waals surface area (Å²) in [6.07, 6.45) is 0. The fraction of sp³-hybridized carbons (Fsp3) is 0.900. The molecule has 0 spiro atoms. The number of rotatable bonds is 7. The van der Waals surface area contributed by atoms with Gasteiger partial charge in [0.2, 0.25) is 5.91 Å². The van der Waals surface area contributed by atoms with Crippen LogP contribution in [0.15, 0.2) is 0 Å². The topological polar surface area (TPSA) is 58.4 Å². The van der Waals surface area contributed by atoms with E-state index in [1.54, 1.807) is 0 Å². The Hall–Kier alpha value is -0.610. The molecular formula is C10H23N3O. The number of likely N-dealkylation sites (N-methyl/N-ethyl adjacent to an activating group) is 2. The van der Waals surface area contributed by atoms with Crippen LogP contribution in [0.1, 0.15) is 20.8 Å². The lowest BCUT2D eigenvalue weighted by Gasteiger charge is -2.22. The summed E-state index contributed by atoms with van der Waals surface area (Å²) in [6.45, 7) is 9.72. The summed E-state index contributed by atoms with van der Waals surface area (Å²) in [5, 5.41) is 2.79. The normalized spacial score (nSPS) is 12.9. The van der Waals surface area contributed by atoms with Gasteiger partial charge in [-0.25, -0.2) is 0 Å². The van der Waals surface area contributed by atoms with E-state index in [0.717, 1.165) is 13.1 Å². The third-order valence-corrected chi connectivity index (χ3v) is 2.16. The van der Waals surface area contributed by atoms with Gasteiger partial charge in [0.15, 0.2) is 0 Å². The minimum Gasteiger partial charge on any atom is -0.355 e. The van der Waals surface area contributed by atoms with E-state index < -0.39 is 0 Å². The zero-order valence-corrected chi connectivity index (χ0v) is 9.55. The van der Waals surface area contributed by atoms with Gasteiger partial charge in [0.25, 0.3) is 0 Å². The number of nitrogens with zero attached hydrogens (tertiary/aromatic N) is 1. The van der Waals surface area contributed by atoms with Crippen LogP contribution in [0.4, 0.5) is 0 Å². The summed E-state index contributed by atoms with van der Waals surface area (Å²) >= 11 is 0. The summed E-state index contributed by atoms with van der Waals surface area (Å²) < 4.78 is 0. The van der Waals surface area contributed by atoms with Crippen LogP contribution in [0, 0.1) is 5.92 Å². The van der Waals surface area contributed by atoms with Crippen molar-refractivity contribution in [1.29, 1.82) is 0 Å². The molecule has 0 aromatic rings. The maximum Gasteiger partial charge on any atom is 0.234 e. The first kappa shape index (κ1) is 13.4. The van der Waals surface area contributed by atoms with Crippen LogP contribution < -0.4 is 11.1 Å². The van der Waals surface area contributed by atoms with Crippen molar-refractivity contribution in [3.63, 3.8) is 0 Å². The lowest BCUT2D eigenvalue weighted by atomic mass is 10.1. The largest absolute Gasteiger partial charge is 0.355 e. The second-order valence-corrected chi connectivity index (χ2v) is 3.62. The van der Waals surface area contributed by atoms with Crippen LogP contribution in [0.2, 0.25) is 0 Å². The van der Waals surface area contributed by atoms with Crippen molar-refractivity contribution in [1.82, 2.24) is 10.2 Å². The van der Waals surface area contributed by atoms with Crippen LogP contribution in [0.25, 0.3) is 0 Å². The molecule has 1 unspecified atom stereocenters. The lowest BCUT2D eigenvalue weighted by molar-refractivity contribution is -0.122. The maximum atomic E-state index is 11.3. The van der Waals surface area contributed by atoms with Gasteiger partial charge in [-0.1, -0.05) is 13.8 Å². The van der Waals surface area contributed by atoms with Gasteiger partial charge in [-0.15, -0.1) is 0 Å². The number of nitrogens with one attached hydrogen (secondary N) is 1. The molecule has 0 saturated heterocycles. The molecule has 0 bridgehead atoms. The number of carbonyl (C=O) groups excluding carboxylic acids is 1. The molecular weight excluding hydrogens is 178 g/mol. The standard InChI is InChI=1S/C10H23N3O/c1-4-12-10(14)8-13(5-2)7-9(3)6-11/h9H,4-8,11H2,1-3H3,(H,12,14). The Bertz CT molecular complexity index is 161. The molecule has 4 heteroatoms. The molecule has 0 aliphatic carbocycles. The number of amides is 1. The summed E-state index contributed by atoms with van der Waals surface area (Å²) in [6, 6.07) is 0. The lowest BCUT2D eigenvalue weighted by Crippen LogP contribution is -2.40. The van der Waals surface area contributed by atoms with Crippen molar-refractivity contribution in [3.05, 3.63) is 0 Å². The molecule has 3 N–H and O–H groups in total. The van der Waals surface area contributed by atoms with Crippen molar-refractivity contribution in [2.75, 3.05) is 32.7 Å². The Morgan fingerprint density at radius 2 is 2.14 bits per heavy atom. The van der Waals surface area contributed by atoms with Gasteiger partial charge in [-0.3, -0.25) is 9.69 Å². The highest BCUT2D eigenvalue weighted by Gasteiger charge is 2.10. The molecule has 0 aromatic heterocycles. The average molecular weight is 201 g/mol. The van der Waals surface area contributed by atoms with Crippen molar-refractivity contribution >= 4 is 5.91 Å². The zero-order chi connectivity index (χ0) is 11.0. The minimum atomic E-state index is 0.0959. The van der Waals surface area contributed by atoms with E-state index in [1.807, 2.05) is 6.92 Å². The highest BCUT2D eigenvalue weighted by atomic mass is 16.2. The van der Waals surface area contributed by atoms with Gasteiger partial charge >= 0.3 is 0 Å². The number of hydrogen-bond donors (Lipinski definition) is 2. The first-order valence-electron chi connectivity index (χ1n) is 5.33. The Labute approximate surface area is 86.8 Å². The average Bonchev–Trinajstić information content (AvgIpc) is 2.16. The van der Waals surface area contributed by atoms with Crippen LogP contribution in [0.3, 0.4) is 0 Å². The Morgan fingerprint density at radius 1 is 1.50 bits per heavy atom.